The van der Waals surface area contributed by atoms with E-state index in [0.717, 1.165) is 63.5 Å². The van der Waals surface area contributed by atoms with Crippen molar-refractivity contribution in [3.8, 4) is 0 Å². The first-order valence-corrected chi connectivity index (χ1v) is 8.07. The van der Waals surface area contributed by atoms with E-state index >= 15 is 0 Å². The minimum atomic E-state index is 0.112. The SMILES string of the molecule is Cc1ccnc(N2CCCC(C(=O)N3CCCCC3)C2)n1. The topological polar surface area (TPSA) is 49.3 Å². The summed E-state index contributed by atoms with van der Waals surface area (Å²) in [5.74, 6) is 1.22. The Bertz CT molecular complexity index is 499. The summed E-state index contributed by atoms with van der Waals surface area (Å²) in [6.07, 6.45) is 7.41. The largest absolute Gasteiger partial charge is 0.342 e. The molecule has 1 unspecified atom stereocenters. The number of hydrogen-bond acceptors (Lipinski definition) is 4. The van der Waals surface area contributed by atoms with E-state index in [-0.39, 0.29) is 5.92 Å². The minimum absolute atomic E-state index is 0.112. The van der Waals surface area contributed by atoms with Crippen LogP contribution in [0, 0.1) is 12.8 Å². The highest BCUT2D eigenvalue weighted by Crippen LogP contribution is 2.23. The number of aryl methyl sites for hydroxylation is 1. The van der Waals surface area contributed by atoms with Crippen LogP contribution < -0.4 is 4.90 Å². The number of aromatic nitrogens is 2. The molecule has 114 valence electrons. The van der Waals surface area contributed by atoms with Crippen molar-refractivity contribution in [3.05, 3.63) is 18.0 Å². The number of amides is 1. The Morgan fingerprint density at radius 3 is 2.76 bits per heavy atom. The molecule has 5 nitrogen and oxygen atoms in total. The Kier molecular flexibility index (Phi) is 4.36. The molecular weight excluding hydrogens is 264 g/mol. The van der Waals surface area contributed by atoms with Crippen molar-refractivity contribution in [2.24, 2.45) is 5.92 Å². The Labute approximate surface area is 126 Å². The number of carbonyl (C=O) groups excluding carboxylic acids is 1. The van der Waals surface area contributed by atoms with Gasteiger partial charge >= 0.3 is 0 Å². The quantitative estimate of drug-likeness (QED) is 0.835. The summed E-state index contributed by atoms with van der Waals surface area (Å²) in [4.78, 5) is 25.7. The second-order valence-electron chi connectivity index (χ2n) is 6.17. The number of hydrogen-bond donors (Lipinski definition) is 0. The van der Waals surface area contributed by atoms with Gasteiger partial charge in [-0.2, -0.15) is 0 Å². The summed E-state index contributed by atoms with van der Waals surface area (Å²) < 4.78 is 0. The summed E-state index contributed by atoms with van der Waals surface area (Å²) in [5, 5.41) is 0. The average Bonchev–Trinajstić information content (AvgIpc) is 2.55. The first-order chi connectivity index (χ1) is 10.2. The van der Waals surface area contributed by atoms with E-state index in [1.165, 1.54) is 6.42 Å². The van der Waals surface area contributed by atoms with Crippen molar-refractivity contribution in [3.63, 3.8) is 0 Å². The average molecular weight is 288 g/mol. The van der Waals surface area contributed by atoms with Crippen LogP contribution in [0.1, 0.15) is 37.8 Å². The Morgan fingerprint density at radius 2 is 2.00 bits per heavy atom. The first-order valence-electron chi connectivity index (χ1n) is 8.07. The van der Waals surface area contributed by atoms with Crippen LogP contribution in [0.25, 0.3) is 0 Å². The van der Waals surface area contributed by atoms with Crippen LogP contribution >= 0.6 is 0 Å². The molecule has 1 aromatic heterocycles. The highest BCUT2D eigenvalue weighted by Gasteiger charge is 2.30. The Morgan fingerprint density at radius 1 is 1.19 bits per heavy atom. The lowest BCUT2D eigenvalue weighted by molar-refractivity contribution is -0.136. The van der Waals surface area contributed by atoms with Crippen LogP contribution in [0.5, 0.6) is 0 Å². The molecule has 1 amide bonds. The molecule has 0 aliphatic carbocycles. The fraction of sp³-hybridized carbons (Fsp3) is 0.688. The molecule has 3 heterocycles. The molecule has 2 aliphatic heterocycles. The van der Waals surface area contributed by atoms with Gasteiger partial charge in [0, 0.05) is 38.1 Å². The molecule has 1 atom stereocenters. The van der Waals surface area contributed by atoms with Crippen LogP contribution in [0.3, 0.4) is 0 Å². The van der Waals surface area contributed by atoms with Crippen molar-refractivity contribution in [2.45, 2.75) is 39.0 Å². The molecule has 0 N–H and O–H groups in total. The molecule has 0 bridgehead atoms. The van der Waals surface area contributed by atoms with Crippen molar-refractivity contribution < 1.29 is 4.79 Å². The number of piperidine rings is 2. The van der Waals surface area contributed by atoms with Crippen LogP contribution in [0.15, 0.2) is 12.3 Å². The number of carbonyl (C=O) groups is 1. The van der Waals surface area contributed by atoms with Gasteiger partial charge in [-0.3, -0.25) is 4.79 Å². The molecule has 2 fully saturated rings. The van der Waals surface area contributed by atoms with Gasteiger partial charge in [0.15, 0.2) is 0 Å². The van der Waals surface area contributed by atoms with Gasteiger partial charge in [0.25, 0.3) is 0 Å². The zero-order chi connectivity index (χ0) is 14.7. The van der Waals surface area contributed by atoms with E-state index in [0.29, 0.717) is 5.91 Å². The lowest BCUT2D eigenvalue weighted by Gasteiger charge is -2.36. The predicted octanol–water partition coefficient (Wildman–Crippen LogP) is 2.01. The lowest BCUT2D eigenvalue weighted by Crippen LogP contribution is -2.46. The highest BCUT2D eigenvalue weighted by atomic mass is 16.2. The minimum Gasteiger partial charge on any atom is -0.342 e. The van der Waals surface area contributed by atoms with Gasteiger partial charge in [-0.05, 0) is 45.1 Å². The van der Waals surface area contributed by atoms with Crippen LogP contribution in [-0.4, -0.2) is 47.0 Å². The van der Waals surface area contributed by atoms with Gasteiger partial charge in [0.1, 0.15) is 0 Å². The fourth-order valence-electron chi connectivity index (χ4n) is 3.32. The van der Waals surface area contributed by atoms with E-state index in [1.54, 1.807) is 6.20 Å². The van der Waals surface area contributed by atoms with Crippen molar-refractivity contribution in [2.75, 3.05) is 31.1 Å². The van der Waals surface area contributed by atoms with Gasteiger partial charge in [-0.15, -0.1) is 0 Å². The summed E-state index contributed by atoms with van der Waals surface area (Å²) in [7, 11) is 0. The fourth-order valence-corrected chi connectivity index (χ4v) is 3.32. The van der Waals surface area contributed by atoms with E-state index in [4.69, 9.17) is 0 Å². The maximum atomic E-state index is 12.7. The number of anilines is 1. The van der Waals surface area contributed by atoms with Gasteiger partial charge < -0.3 is 9.80 Å². The van der Waals surface area contributed by atoms with E-state index < -0.39 is 0 Å². The van der Waals surface area contributed by atoms with E-state index in [2.05, 4.69) is 19.8 Å². The first kappa shape index (κ1) is 14.3. The van der Waals surface area contributed by atoms with Crippen LogP contribution in [0.2, 0.25) is 0 Å². The second-order valence-corrected chi connectivity index (χ2v) is 6.17. The summed E-state index contributed by atoms with van der Waals surface area (Å²) >= 11 is 0. The molecule has 0 spiro atoms. The standard InChI is InChI=1S/C16H24N4O/c1-13-7-8-17-16(18-13)20-11-5-6-14(12-20)15(21)19-9-3-2-4-10-19/h7-8,14H,2-6,9-12H2,1H3. The summed E-state index contributed by atoms with van der Waals surface area (Å²) in [5.41, 5.74) is 0.976. The van der Waals surface area contributed by atoms with Gasteiger partial charge in [0.2, 0.25) is 11.9 Å². The summed E-state index contributed by atoms with van der Waals surface area (Å²) in [6, 6.07) is 1.91. The monoisotopic (exact) mass is 288 g/mol. The molecule has 3 rings (SSSR count). The molecule has 2 saturated heterocycles. The molecule has 0 aromatic carbocycles. The zero-order valence-electron chi connectivity index (χ0n) is 12.8. The van der Waals surface area contributed by atoms with Gasteiger partial charge in [-0.25, -0.2) is 9.97 Å². The normalized spacial score (nSPS) is 23.2. The Hall–Kier alpha value is -1.65. The number of nitrogens with zero attached hydrogens (tertiary/aromatic N) is 4. The van der Waals surface area contributed by atoms with Gasteiger partial charge in [-0.1, -0.05) is 0 Å². The molecule has 21 heavy (non-hydrogen) atoms. The molecule has 0 radical (unpaired) electrons. The van der Waals surface area contributed by atoms with Crippen molar-refractivity contribution in [1.82, 2.24) is 14.9 Å². The highest BCUT2D eigenvalue weighted by molar-refractivity contribution is 5.79. The molecule has 2 aliphatic rings. The maximum Gasteiger partial charge on any atom is 0.227 e. The van der Waals surface area contributed by atoms with Gasteiger partial charge in [0.05, 0.1) is 5.92 Å². The third-order valence-electron chi connectivity index (χ3n) is 4.50. The van der Waals surface area contributed by atoms with E-state index in [1.807, 2.05) is 13.0 Å². The van der Waals surface area contributed by atoms with E-state index in [9.17, 15) is 4.79 Å². The van der Waals surface area contributed by atoms with Crippen molar-refractivity contribution >= 4 is 11.9 Å². The Balaban J connectivity index is 1.66. The number of rotatable bonds is 2. The predicted molar refractivity (Wildman–Crippen MR) is 82.1 cm³/mol. The summed E-state index contributed by atoms with van der Waals surface area (Å²) in [6.45, 7) is 5.57. The molecule has 0 saturated carbocycles. The van der Waals surface area contributed by atoms with Crippen molar-refractivity contribution in [1.29, 1.82) is 0 Å². The number of likely N-dealkylation sites (tertiary alicyclic amines) is 1. The molecule has 1 aromatic rings. The zero-order valence-corrected chi connectivity index (χ0v) is 12.8. The molecule has 5 heteroatoms. The third-order valence-corrected chi connectivity index (χ3v) is 4.50. The second kappa shape index (κ2) is 6.41. The third kappa shape index (κ3) is 3.34. The lowest BCUT2D eigenvalue weighted by atomic mass is 9.95. The smallest absolute Gasteiger partial charge is 0.227 e. The maximum absolute atomic E-state index is 12.7. The van der Waals surface area contributed by atoms with Crippen LogP contribution in [0.4, 0.5) is 5.95 Å². The van der Waals surface area contributed by atoms with Crippen LogP contribution in [-0.2, 0) is 4.79 Å². The molecular formula is C16H24N4O.